The van der Waals surface area contributed by atoms with Crippen molar-refractivity contribution in [2.45, 2.75) is 37.5 Å². The summed E-state index contributed by atoms with van der Waals surface area (Å²) in [6.45, 7) is 0. The predicted octanol–water partition coefficient (Wildman–Crippen LogP) is 3.09. The molecule has 1 aliphatic carbocycles. The summed E-state index contributed by atoms with van der Waals surface area (Å²) in [5.41, 5.74) is 0.862. The Labute approximate surface area is 96.9 Å². The summed E-state index contributed by atoms with van der Waals surface area (Å²) in [4.78, 5) is 12.2. The molecule has 0 unspecified atom stereocenters. The smallest absolute Gasteiger partial charge is 0.155 e. The molecule has 0 amide bonds. The molecule has 0 atom stereocenters. The molecule has 0 bridgehead atoms. The van der Waals surface area contributed by atoms with Gasteiger partial charge in [0.05, 0.1) is 11.8 Å². The molecule has 1 saturated carbocycles. The Morgan fingerprint density at radius 2 is 1.88 bits per heavy atom. The minimum absolute atomic E-state index is 0.221. The SMILES string of the molecule is C#CCC(=O)C1(c2ccccc2)CCCC1. The third-order valence-corrected chi connectivity index (χ3v) is 3.58. The molecule has 1 heteroatoms. The fraction of sp³-hybridized carbons (Fsp3) is 0.400. The van der Waals surface area contributed by atoms with Crippen LogP contribution in [0, 0.1) is 12.3 Å². The number of Topliss-reactive ketones (excluding diaryl/α,β-unsaturated/α-hetero) is 1. The second kappa shape index (κ2) is 4.53. The van der Waals surface area contributed by atoms with Crippen LogP contribution in [0.2, 0.25) is 0 Å². The van der Waals surface area contributed by atoms with Crippen molar-refractivity contribution in [1.29, 1.82) is 0 Å². The average Bonchev–Trinajstić information content (AvgIpc) is 2.81. The van der Waals surface area contributed by atoms with E-state index in [1.807, 2.05) is 18.2 Å². The molecule has 0 aliphatic heterocycles. The van der Waals surface area contributed by atoms with Gasteiger partial charge in [0, 0.05) is 0 Å². The minimum Gasteiger partial charge on any atom is -0.298 e. The molecule has 1 aliphatic rings. The molecule has 0 spiro atoms. The van der Waals surface area contributed by atoms with Gasteiger partial charge in [-0.2, -0.15) is 0 Å². The van der Waals surface area contributed by atoms with Crippen LogP contribution in [0.1, 0.15) is 37.7 Å². The average molecular weight is 212 g/mol. The van der Waals surface area contributed by atoms with Crippen LogP contribution < -0.4 is 0 Å². The highest BCUT2D eigenvalue weighted by Gasteiger charge is 2.41. The van der Waals surface area contributed by atoms with Crippen molar-refractivity contribution in [1.82, 2.24) is 0 Å². The molecule has 82 valence electrons. The van der Waals surface area contributed by atoms with Gasteiger partial charge in [-0.3, -0.25) is 4.79 Å². The lowest BCUT2D eigenvalue weighted by molar-refractivity contribution is -0.123. The van der Waals surface area contributed by atoms with E-state index >= 15 is 0 Å². The van der Waals surface area contributed by atoms with Gasteiger partial charge in [0.15, 0.2) is 5.78 Å². The van der Waals surface area contributed by atoms with Gasteiger partial charge >= 0.3 is 0 Å². The van der Waals surface area contributed by atoms with E-state index < -0.39 is 0 Å². The highest BCUT2D eigenvalue weighted by atomic mass is 16.1. The maximum Gasteiger partial charge on any atom is 0.155 e. The van der Waals surface area contributed by atoms with Gasteiger partial charge in [-0.25, -0.2) is 0 Å². The van der Waals surface area contributed by atoms with Crippen LogP contribution in [0.25, 0.3) is 0 Å². The van der Waals surface area contributed by atoms with E-state index in [2.05, 4.69) is 18.1 Å². The lowest BCUT2D eigenvalue weighted by Gasteiger charge is -2.27. The number of carbonyl (C=O) groups excluding carboxylic acids is 1. The molecule has 1 aromatic rings. The van der Waals surface area contributed by atoms with E-state index in [0.717, 1.165) is 31.2 Å². The lowest BCUT2D eigenvalue weighted by Crippen LogP contribution is -2.32. The largest absolute Gasteiger partial charge is 0.298 e. The van der Waals surface area contributed by atoms with Gasteiger partial charge < -0.3 is 0 Å². The van der Waals surface area contributed by atoms with Crippen molar-refractivity contribution in [3.63, 3.8) is 0 Å². The highest BCUT2D eigenvalue weighted by molar-refractivity contribution is 5.92. The topological polar surface area (TPSA) is 17.1 Å². The van der Waals surface area contributed by atoms with Gasteiger partial charge in [-0.05, 0) is 18.4 Å². The Morgan fingerprint density at radius 1 is 1.25 bits per heavy atom. The van der Waals surface area contributed by atoms with Gasteiger partial charge in [0.25, 0.3) is 0 Å². The number of rotatable bonds is 3. The summed E-state index contributed by atoms with van der Waals surface area (Å²) in [6.07, 6.45) is 9.69. The fourth-order valence-corrected chi connectivity index (χ4v) is 2.73. The molecule has 0 radical (unpaired) electrons. The van der Waals surface area contributed by atoms with Crippen LogP contribution in [0.5, 0.6) is 0 Å². The molecule has 0 N–H and O–H groups in total. The second-order valence-corrected chi connectivity index (χ2v) is 4.46. The monoisotopic (exact) mass is 212 g/mol. The summed E-state index contributed by atoms with van der Waals surface area (Å²) in [5, 5.41) is 0. The first kappa shape index (κ1) is 11.0. The molecular weight excluding hydrogens is 196 g/mol. The van der Waals surface area contributed by atoms with E-state index in [1.165, 1.54) is 0 Å². The second-order valence-electron chi connectivity index (χ2n) is 4.46. The van der Waals surface area contributed by atoms with Crippen LogP contribution in [-0.4, -0.2) is 5.78 Å². The molecular formula is C15H16O. The molecule has 1 aromatic carbocycles. The highest BCUT2D eigenvalue weighted by Crippen LogP contribution is 2.42. The molecule has 0 heterocycles. The molecule has 1 nitrogen and oxygen atoms in total. The summed E-state index contributed by atoms with van der Waals surface area (Å²) < 4.78 is 0. The first-order valence-corrected chi connectivity index (χ1v) is 5.82. The molecule has 0 saturated heterocycles. The maximum absolute atomic E-state index is 12.2. The van der Waals surface area contributed by atoms with Crippen molar-refractivity contribution in [2.24, 2.45) is 0 Å². The number of hydrogen-bond donors (Lipinski definition) is 0. The molecule has 2 rings (SSSR count). The van der Waals surface area contributed by atoms with E-state index in [0.29, 0.717) is 0 Å². The van der Waals surface area contributed by atoms with Crippen LogP contribution in [-0.2, 0) is 10.2 Å². The third kappa shape index (κ3) is 1.76. The zero-order valence-electron chi connectivity index (χ0n) is 9.41. The number of hydrogen-bond acceptors (Lipinski definition) is 1. The number of terminal acetylenes is 1. The van der Waals surface area contributed by atoms with Gasteiger partial charge in [0.2, 0.25) is 0 Å². The Hall–Kier alpha value is -1.55. The minimum atomic E-state index is -0.284. The fourth-order valence-electron chi connectivity index (χ4n) is 2.73. The zero-order valence-corrected chi connectivity index (χ0v) is 9.41. The molecule has 0 aromatic heterocycles. The lowest BCUT2D eigenvalue weighted by atomic mass is 9.74. The molecule has 16 heavy (non-hydrogen) atoms. The number of carbonyl (C=O) groups is 1. The maximum atomic E-state index is 12.2. The third-order valence-electron chi connectivity index (χ3n) is 3.58. The van der Waals surface area contributed by atoms with Gasteiger partial charge in [0.1, 0.15) is 0 Å². The Morgan fingerprint density at radius 3 is 2.44 bits per heavy atom. The summed E-state index contributed by atoms with van der Waals surface area (Å²) in [6, 6.07) is 10.1. The number of ketones is 1. The van der Waals surface area contributed by atoms with Crippen molar-refractivity contribution in [3.05, 3.63) is 35.9 Å². The number of benzene rings is 1. The summed E-state index contributed by atoms with van der Waals surface area (Å²) in [5.74, 6) is 2.71. The summed E-state index contributed by atoms with van der Waals surface area (Å²) >= 11 is 0. The van der Waals surface area contributed by atoms with Crippen LogP contribution in [0.4, 0.5) is 0 Å². The standard InChI is InChI=1S/C15H16O/c1-2-8-14(16)15(11-6-7-12-15)13-9-4-3-5-10-13/h1,3-5,9-10H,6-8,11-12H2. The van der Waals surface area contributed by atoms with Crippen molar-refractivity contribution >= 4 is 5.78 Å². The van der Waals surface area contributed by atoms with Crippen molar-refractivity contribution in [3.8, 4) is 12.3 Å². The molecule has 1 fully saturated rings. The first-order chi connectivity index (χ1) is 7.79. The van der Waals surface area contributed by atoms with Crippen LogP contribution in [0.15, 0.2) is 30.3 Å². The van der Waals surface area contributed by atoms with Gasteiger partial charge in [-0.15, -0.1) is 6.42 Å². The van der Waals surface area contributed by atoms with E-state index in [-0.39, 0.29) is 17.6 Å². The Balaban J connectivity index is 2.37. The first-order valence-electron chi connectivity index (χ1n) is 5.82. The van der Waals surface area contributed by atoms with Crippen LogP contribution in [0.3, 0.4) is 0 Å². The van der Waals surface area contributed by atoms with Gasteiger partial charge in [-0.1, -0.05) is 49.1 Å². The Bertz CT molecular complexity index is 405. The summed E-state index contributed by atoms with van der Waals surface area (Å²) in [7, 11) is 0. The van der Waals surface area contributed by atoms with E-state index in [9.17, 15) is 4.79 Å². The zero-order chi connectivity index (χ0) is 11.4. The van der Waals surface area contributed by atoms with Crippen molar-refractivity contribution in [2.75, 3.05) is 0 Å². The predicted molar refractivity (Wildman–Crippen MR) is 65.0 cm³/mol. The van der Waals surface area contributed by atoms with Crippen LogP contribution >= 0.6 is 0 Å². The van der Waals surface area contributed by atoms with E-state index in [1.54, 1.807) is 0 Å². The van der Waals surface area contributed by atoms with E-state index in [4.69, 9.17) is 6.42 Å². The normalized spacial score (nSPS) is 17.9. The Kier molecular flexibility index (Phi) is 3.10. The quantitative estimate of drug-likeness (QED) is 0.704. The van der Waals surface area contributed by atoms with Crippen molar-refractivity contribution < 1.29 is 4.79 Å².